The van der Waals surface area contributed by atoms with Crippen LogP contribution in [-0.4, -0.2) is 49.3 Å². The van der Waals surface area contributed by atoms with Crippen LogP contribution in [0.2, 0.25) is 0 Å². The molecule has 0 heterocycles. The highest BCUT2D eigenvalue weighted by Gasteiger charge is 2.25. The molecule has 2 atom stereocenters. The summed E-state index contributed by atoms with van der Waals surface area (Å²) in [5.41, 5.74) is 5.15. The number of esters is 2. The maximum atomic E-state index is 11.5. The molecule has 0 radical (unpaired) electrons. The van der Waals surface area contributed by atoms with E-state index in [4.69, 9.17) is 19.7 Å². The Bertz CT molecular complexity index is 389. The van der Waals surface area contributed by atoms with Gasteiger partial charge in [0.15, 0.2) is 6.10 Å². The van der Waals surface area contributed by atoms with Crippen molar-refractivity contribution in [1.29, 1.82) is 0 Å². The molecular formula is C12H24NO8P. The number of phosphoric acid groups is 1. The van der Waals surface area contributed by atoms with Crippen molar-refractivity contribution in [1.82, 2.24) is 0 Å². The van der Waals surface area contributed by atoms with Crippen LogP contribution in [0.3, 0.4) is 0 Å². The molecule has 22 heavy (non-hydrogen) atoms. The predicted molar refractivity (Wildman–Crippen MR) is 76.8 cm³/mol. The lowest BCUT2D eigenvalue weighted by Crippen LogP contribution is -2.29. The zero-order valence-electron chi connectivity index (χ0n) is 12.9. The number of rotatable bonds is 12. The van der Waals surface area contributed by atoms with Crippen molar-refractivity contribution < 1.29 is 37.6 Å². The van der Waals surface area contributed by atoms with Crippen LogP contribution in [-0.2, 0) is 32.7 Å². The van der Waals surface area contributed by atoms with E-state index in [-0.39, 0.29) is 32.6 Å². The second-order valence-electron chi connectivity index (χ2n) is 4.28. The van der Waals surface area contributed by atoms with E-state index in [0.29, 0.717) is 6.42 Å². The maximum Gasteiger partial charge on any atom is 0.472 e. The van der Waals surface area contributed by atoms with Gasteiger partial charge in [-0.3, -0.25) is 18.6 Å². The lowest BCUT2D eigenvalue weighted by molar-refractivity contribution is -0.161. The molecule has 0 aromatic carbocycles. The Hall–Kier alpha value is -0.990. The van der Waals surface area contributed by atoms with Crippen LogP contribution in [0, 0.1) is 0 Å². The molecule has 0 spiro atoms. The lowest BCUT2D eigenvalue weighted by Gasteiger charge is -2.19. The number of hydrogen-bond donors (Lipinski definition) is 2. The number of hydrogen-bond acceptors (Lipinski definition) is 8. The number of ether oxygens (including phenoxy) is 2. The summed E-state index contributed by atoms with van der Waals surface area (Å²) in [4.78, 5) is 32.0. The van der Waals surface area contributed by atoms with Crippen molar-refractivity contribution in [2.24, 2.45) is 5.73 Å². The summed E-state index contributed by atoms with van der Waals surface area (Å²) in [6, 6.07) is 0. The van der Waals surface area contributed by atoms with Crippen LogP contribution in [0.15, 0.2) is 0 Å². The summed E-state index contributed by atoms with van der Waals surface area (Å²) in [7, 11) is -4.29. The summed E-state index contributed by atoms with van der Waals surface area (Å²) in [6.45, 7) is 2.60. The normalized spacial score (nSPS) is 14.9. The average Bonchev–Trinajstić information content (AvgIpc) is 2.47. The van der Waals surface area contributed by atoms with Gasteiger partial charge in [0.1, 0.15) is 6.61 Å². The Morgan fingerprint density at radius 1 is 1.18 bits per heavy atom. The molecule has 130 valence electrons. The molecule has 0 fully saturated rings. The summed E-state index contributed by atoms with van der Waals surface area (Å²) in [5.74, 6) is -0.998. The summed E-state index contributed by atoms with van der Waals surface area (Å²) >= 11 is 0. The minimum Gasteiger partial charge on any atom is -0.462 e. The van der Waals surface area contributed by atoms with Crippen molar-refractivity contribution in [3.8, 4) is 0 Å². The van der Waals surface area contributed by atoms with E-state index in [1.807, 2.05) is 0 Å². The fraction of sp³-hybridized carbons (Fsp3) is 0.833. The monoisotopic (exact) mass is 341 g/mol. The fourth-order valence-corrected chi connectivity index (χ4v) is 2.00. The molecule has 0 aliphatic heterocycles. The highest BCUT2D eigenvalue weighted by Crippen LogP contribution is 2.43. The molecule has 0 aromatic heterocycles. The van der Waals surface area contributed by atoms with Crippen molar-refractivity contribution in [3.63, 3.8) is 0 Å². The molecule has 0 saturated heterocycles. The second kappa shape index (κ2) is 11.6. The molecule has 9 nitrogen and oxygen atoms in total. The van der Waals surface area contributed by atoms with Crippen LogP contribution in [0.1, 0.15) is 33.1 Å². The molecule has 0 bridgehead atoms. The average molecular weight is 341 g/mol. The van der Waals surface area contributed by atoms with Crippen LogP contribution in [0.25, 0.3) is 0 Å². The summed E-state index contributed by atoms with van der Waals surface area (Å²) < 4.78 is 30.6. The van der Waals surface area contributed by atoms with E-state index in [9.17, 15) is 19.0 Å². The molecule has 0 aromatic rings. The Balaban J connectivity index is 4.46. The van der Waals surface area contributed by atoms with E-state index in [2.05, 4.69) is 4.52 Å². The van der Waals surface area contributed by atoms with Gasteiger partial charge in [0, 0.05) is 19.4 Å². The van der Waals surface area contributed by atoms with Gasteiger partial charge >= 0.3 is 19.8 Å². The first kappa shape index (κ1) is 21.0. The standard InChI is InChI=1S/C12H24NO8P/c1-3-5-12(15)21-10(8-18-11(14)4-2)9-20-22(16,17)19-7-6-13/h10H,3-9,13H2,1-2H3,(H,16,17)/t10-/m1/s1. The highest BCUT2D eigenvalue weighted by atomic mass is 31.2. The van der Waals surface area contributed by atoms with Crippen LogP contribution >= 0.6 is 7.82 Å². The van der Waals surface area contributed by atoms with Gasteiger partial charge < -0.3 is 20.1 Å². The molecule has 1 unspecified atom stereocenters. The fourth-order valence-electron chi connectivity index (χ4n) is 1.24. The topological polar surface area (TPSA) is 134 Å². The third-order valence-electron chi connectivity index (χ3n) is 2.27. The first-order chi connectivity index (χ1) is 10.3. The van der Waals surface area contributed by atoms with E-state index in [1.54, 1.807) is 13.8 Å². The maximum absolute atomic E-state index is 11.5. The van der Waals surface area contributed by atoms with Gasteiger partial charge in [-0.05, 0) is 6.42 Å². The molecular weight excluding hydrogens is 317 g/mol. The van der Waals surface area contributed by atoms with Gasteiger partial charge in [0.05, 0.1) is 13.2 Å². The molecule has 10 heteroatoms. The third kappa shape index (κ3) is 10.7. The zero-order valence-corrected chi connectivity index (χ0v) is 13.8. The largest absolute Gasteiger partial charge is 0.472 e. The first-order valence-corrected chi connectivity index (χ1v) is 8.51. The number of carbonyl (C=O) groups excluding carboxylic acids is 2. The smallest absolute Gasteiger partial charge is 0.462 e. The third-order valence-corrected chi connectivity index (χ3v) is 3.25. The van der Waals surface area contributed by atoms with Crippen molar-refractivity contribution in [2.45, 2.75) is 39.2 Å². The molecule has 0 rings (SSSR count). The number of phosphoric ester groups is 1. The Kier molecular flexibility index (Phi) is 11.0. The molecule has 0 aliphatic carbocycles. The van der Waals surface area contributed by atoms with Gasteiger partial charge in [-0.2, -0.15) is 0 Å². The van der Waals surface area contributed by atoms with Crippen LogP contribution in [0.4, 0.5) is 0 Å². The zero-order chi connectivity index (χ0) is 17.0. The van der Waals surface area contributed by atoms with Crippen LogP contribution in [0.5, 0.6) is 0 Å². The molecule has 0 amide bonds. The second-order valence-corrected chi connectivity index (χ2v) is 5.74. The lowest BCUT2D eigenvalue weighted by atomic mass is 10.3. The minimum absolute atomic E-state index is 0.0525. The Morgan fingerprint density at radius 2 is 1.86 bits per heavy atom. The first-order valence-electron chi connectivity index (χ1n) is 7.01. The van der Waals surface area contributed by atoms with Crippen molar-refractivity contribution >= 4 is 19.8 Å². The van der Waals surface area contributed by atoms with E-state index in [1.165, 1.54) is 0 Å². The summed E-state index contributed by atoms with van der Waals surface area (Å²) in [5, 5.41) is 0. The highest BCUT2D eigenvalue weighted by molar-refractivity contribution is 7.47. The number of nitrogens with two attached hydrogens (primary N) is 1. The Morgan fingerprint density at radius 3 is 2.41 bits per heavy atom. The van der Waals surface area contributed by atoms with Gasteiger partial charge in [-0.1, -0.05) is 13.8 Å². The van der Waals surface area contributed by atoms with Gasteiger partial charge in [0.25, 0.3) is 0 Å². The van der Waals surface area contributed by atoms with Crippen LogP contribution < -0.4 is 5.73 Å². The van der Waals surface area contributed by atoms with Gasteiger partial charge in [-0.25, -0.2) is 4.57 Å². The van der Waals surface area contributed by atoms with E-state index in [0.717, 1.165) is 0 Å². The van der Waals surface area contributed by atoms with Crippen molar-refractivity contribution in [2.75, 3.05) is 26.4 Å². The quantitative estimate of drug-likeness (QED) is 0.389. The van der Waals surface area contributed by atoms with E-state index >= 15 is 0 Å². The van der Waals surface area contributed by atoms with Gasteiger partial charge in [-0.15, -0.1) is 0 Å². The summed E-state index contributed by atoms with van der Waals surface area (Å²) in [6.07, 6.45) is -0.0662. The Labute approximate surface area is 129 Å². The number of carbonyl (C=O) groups is 2. The minimum atomic E-state index is -4.29. The molecule has 3 N–H and O–H groups in total. The van der Waals surface area contributed by atoms with E-state index < -0.39 is 32.5 Å². The predicted octanol–water partition coefficient (Wildman–Crippen LogP) is 0.744. The SMILES string of the molecule is CCCC(=O)O[C@H](COC(=O)CC)COP(=O)(O)OCCN. The molecule has 0 aliphatic rings. The molecule has 0 saturated carbocycles. The van der Waals surface area contributed by atoms with Gasteiger partial charge in [0.2, 0.25) is 0 Å². The van der Waals surface area contributed by atoms with Crippen molar-refractivity contribution in [3.05, 3.63) is 0 Å².